The minimum Gasteiger partial charge on any atom is -0.207 e. The monoisotopic (exact) mass is 371 g/mol. The van der Waals surface area contributed by atoms with Gasteiger partial charge in [-0.05, 0) is 48.6 Å². The second-order valence-corrected chi connectivity index (χ2v) is 8.18. The molecule has 24 heavy (non-hydrogen) atoms. The Morgan fingerprint density at radius 2 is 1.75 bits per heavy atom. The molecule has 0 spiro atoms. The lowest BCUT2D eigenvalue weighted by molar-refractivity contribution is 0.315. The van der Waals surface area contributed by atoms with Crippen molar-refractivity contribution in [3.8, 4) is 0 Å². The van der Waals surface area contributed by atoms with Gasteiger partial charge < -0.3 is 0 Å². The van der Waals surface area contributed by atoms with E-state index >= 15 is 0 Å². The largest absolute Gasteiger partial charge is 0.243 e. The Morgan fingerprint density at radius 3 is 2.38 bits per heavy atom. The molecule has 0 aromatic heterocycles. The zero-order valence-corrected chi connectivity index (χ0v) is 14.3. The number of sulfonamides is 1. The van der Waals surface area contributed by atoms with Gasteiger partial charge in [0, 0.05) is 24.2 Å². The summed E-state index contributed by atoms with van der Waals surface area (Å²) in [6, 6.07) is 9.67. The molecule has 0 aliphatic carbocycles. The zero-order chi connectivity index (χ0) is 17.3. The number of nitrogens with zero attached hydrogens (tertiary/aromatic N) is 1. The molecule has 1 heterocycles. The van der Waals surface area contributed by atoms with E-state index in [9.17, 15) is 17.2 Å². The molecule has 1 saturated heterocycles. The molecule has 0 amide bonds. The predicted octanol–water partition coefficient (Wildman–Crippen LogP) is 4.19. The highest BCUT2D eigenvalue weighted by molar-refractivity contribution is 7.89. The first kappa shape index (κ1) is 17.3. The Bertz CT molecular complexity index is 849. The maximum Gasteiger partial charge on any atom is 0.243 e. The van der Waals surface area contributed by atoms with E-state index in [0.717, 1.165) is 6.07 Å². The smallest absolute Gasteiger partial charge is 0.207 e. The highest BCUT2D eigenvalue weighted by Gasteiger charge is 2.31. The lowest BCUT2D eigenvalue weighted by Crippen LogP contribution is -2.38. The molecule has 7 heteroatoms. The van der Waals surface area contributed by atoms with Gasteiger partial charge in [0.05, 0.1) is 4.90 Å². The molecule has 0 N–H and O–H groups in total. The van der Waals surface area contributed by atoms with Crippen LogP contribution in [0.4, 0.5) is 8.78 Å². The highest BCUT2D eigenvalue weighted by atomic mass is 35.5. The minimum atomic E-state index is -3.61. The number of benzene rings is 2. The zero-order valence-electron chi connectivity index (χ0n) is 12.8. The molecule has 2 aromatic rings. The van der Waals surface area contributed by atoms with E-state index in [2.05, 4.69) is 0 Å². The first-order valence-corrected chi connectivity index (χ1v) is 9.40. The molecule has 0 radical (unpaired) electrons. The van der Waals surface area contributed by atoms with Crippen LogP contribution in [0, 0.1) is 11.6 Å². The van der Waals surface area contributed by atoms with E-state index < -0.39 is 21.7 Å². The van der Waals surface area contributed by atoms with Crippen molar-refractivity contribution >= 4 is 21.6 Å². The predicted molar refractivity (Wildman–Crippen MR) is 88.5 cm³/mol. The van der Waals surface area contributed by atoms with E-state index in [1.165, 1.54) is 28.6 Å². The minimum absolute atomic E-state index is 0.114. The van der Waals surface area contributed by atoms with E-state index in [1.807, 2.05) is 0 Å². The van der Waals surface area contributed by atoms with Gasteiger partial charge in [-0.1, -0.05) is 23.7 Å². The second-order valence-electron chi connectivity index (χ2n) is 5.80. The topological polar surface area (TPSA) is 37.4 Å². The molecule has 3 nitrogen and oxygen atoms in total. The van der Waals surface area contributed by atoms with Gasteiger partial charge in [0.1, 0.15) is 11.6 Å². The van der Waals surface area contributed by atoms with Crippen molar-refractivity contribution in [2.24, 2.45) is 0 Å². The number of rotatable bonds is 3. The van der Waals surface area contributed by atoms with Crippen LogP contribution >= 0.6 is 11.6 Å². The lowest BCUT2D eigenvalue weighted by atomic mass is 9.90. The summed E-state index contributed by atoms with van der Waals surface area (Å²) in [6.07, 6.45) is 0.977. The van der Waals surface area contributed by atoms with Crippen LogP contribution in [-0.4, -0.2) is 25.8 Å². The molecule has 1 aliphatic heterocycles. The Labute approximate surface area is 144 Å². The Kier molecular flexibility index (Phi) is 4.90. The molecule has 128 valence electrons. The molecule has 0 unspecified atom stereocenters. The molecular weight excluding hydrogens is 356 g/mol. The summed E-state index contributed by atoms with van der Waals surface area (Å²) in [7, 11) is -3.61. The van der Waals surface area contributed by atoms with Crippen LogP contribution in [0.25, 0.3) is 0 Å². The van der Waals surface area contributed by atoms with Crippen LogP contribution < -0.4 is 0 Å². The standard InChI is InChI=1S/C17H16ClF2NO2S/c18-13-2-1-3-15(10-13)24(22,23)21-8-6-12(7-9-21)16-5-4-14(19)11-17(16)20/h1-5,10-12H,6-9H2. The van der Waals surface area contributed by atoms with Crippen LogP contribution in [0.3, 0.4) is 0 Å². The number of halogens is 3. The van der Waals surface area contributed by atoms with Crippen molar-refractivity contribution in [2.45, 2.75) is 23.7 Å². The molecule has 0 bridgehead atoms. The SMILES string of the molecule is O=S(=O)(c1cccc(Cl)c1)N1CCC(c2ccc(F)cc2F)CC1. The third-order valence-corrected chi connectivity index (χ3v) is 6.42. The summed E-state index contributed by atoms with van der Waals surface area (Å²) in [6.45, 7) is 0.576. The van der Waals surface area contributed by atoms with E-state index in [-0.39, 0.29) is 23.9 Å². The van der Waals surface area contributed by atoms with Gasteiger partial charge in [0.25, 0.3) is 0 Å². The second kappa shape index (κ2) is 6.78. The van der Waals surface area contributed by atoms with E-state index in [1.54, 1.807) is 12.1 Å². The average Bonchev–Trinajstić information content (AvgIpc) is 2.55. The summed E-state index contributed by atoms with van der Waals surface area (Å²) in [5.41, 5.74) is 0.441. The molecule has 2 aromatic carbocycles. The molecule has 0 saturated carbocycles. The van der Waals surface area contributed by atoms with Gasteiger partial charge in [-0.15, -0.1) is 0 Å². The van der Waals surface area contributed by atoms with Crippen LogP contribution in [0.15, 0.2) is 47.4 Å². The van der Waals surface area contributed by atoms with Crippen LogP contribution in [-0.2, 0) is 10.0 Å². The third-order valence-electron chi connectivity index (χ3n) is 4.29. The fourth-order valence-electron chi connectivity index (χ4n) is 3.02. The summed E-state index contributed by atoms with van der Waals surface area (Å²) in [5.74, 6) is -1.31. The Hall–Kier alpha value is -1.50. The quantitative estimate of drug-likeness (QED) is 0.811. The fourth-order valence-corrected chi connectivity index (χ4v) is 4.79. The van der Waals surface area contributed by atoms with Crippen molar-refractivity contribution in [3.05, 3.63) is 64.7 Å². The van der Waals surface area contributed by atoms with Gasteiger partial charge in [-0.2, -0.15) is 4.31 Å². The van der Waals surface area contributed by atoms with Crippen molar-refractivity contribution in [3.63, 3.8) is 0 Å². The van der Waals surface area contributed by atoms with E-state index in [0.29, 0.717) is 23.4 Å². The highest BCUT2D eigenvalue weighted by Crippen LogP contribution is 2.32. The maximum absolute atomic E-state index is 13.9. The molecule has 1 fully saturated rings. The first-order valence-electron chi connectivity index (χ1n) is 7.58. The lowest BCUT2D eigenvalue weighted by Gasteiger charge is -2.31. The molecular formula is C17H16ClF2NO2S. The van der Waals surface area contributed by atoms with Crippen molar-refractivity contribution < 1.29 is 17.2 Å². The molecule has 1 aliphatic rings. The van der Waals surface area contributed by atoms with Crippen molar-refractivity contribution in [1.82, 2.24) is 4.31 Å². The maximum atomic E-state index is 13.9. The summed E-state index contributed by atoms with van der Waals surface area (Å²) >= 11 is 5.87. The number of piperidine rings is 1. The summed E-state index contributed by atoms with van der Waals surface area (Å²) in [5, 5.41) is 0.361. The van der Waals surface area contributed by atoms with Gasteiger partial charge in [-0.3, -0.25) is 0 Å². The van der Waals surface area contributed by atoms with Crippen molar-refractivity contribution in [2.75, 3.05) is 13.1 Å². The Morgan fingerprint density at radius 1 is 1.04 bits per heavy atom. The average molecular weight is 372 g/mol. The van der Waals surface area contributed by atoms with Gasteiger partial charge >= 0.3 is 0 Å². The number of hydrogen-bond acceptors (Lipinski definition) is 2. The first-order chi connectivity index (χ1) is 11.4. The summed E-state index contributed by atoms with van der Waals surface area (Å²) in [4.78, 5) is 0.154. The van der Waals surface area contributed by atoms with Crippen molar-refractivity contribution in [1.29, 1.82) is 0 Å². The molecule has 0 atom stereocenters. The van der Waals surface area contributed by atoms with Gasteiger partial charge in [0.15, 0.2) is 0 Å². The normalized spacial score (nSPS) is 17.1. The van der Waals surface area contributed by atoms with Gasteiger partial charge in [-0.25, -0.2) is 17.2 Å². The van der Waals surface area contributed by atoms with Crippen LogP contribution in [0.2, 0.25) is 5.02 Å². The van der Waals surface area contributed by atoms with E-state index in [4.69, 9.17) is 11.6 Å². The number of hydrogen-bond donors (Lipinski definition) is 0. The fraction of sp³-hybridized carbons (Fsp3) is 0.294. The van der Waals surface area contributed by atoms with Crippen LogP contribution in [0.1, 0.15) is 24.3 Å². The summed E-state index contributed by atoms with van der Waals surface area (Å²) < 4.78 is 53.6. The Balaban J connectivity index is 1.75. The third kappa shape index (κ3) is 3.45. The molecule has 3 rings (SSSR count). The van der Waals surface area contributed by atoms with Gasteiger partial charge in [0.2, 0.25) is 10.0 Å². The van der Waals surface area contributed by atoms with Crippen LogP contribution in [0.5, 0.6) is 0 Å².